The highest BCUT2D eigenvalue weighted by molar-refractivity contribution is 7.80. The molecule has 0 atom stereocenters. The lowest BCUT2D eigenvalue weighted by molar-refractivity contribution is -0.107. The molecule has 0 saturated heterocycles. The van der Waals surface area contributed by atoms with Crippen LogP contribution in [0.3, 0.4) is 0 Å². The Hall–Kier alpha value is -1.94. The van der Waals surface area contributed by atoms with Crippen LogP contribution in [0.25, 0.3) is 11.3 Å². The molecule has 3 nitrogen and oxygen atoms in total. The summed E-state index contributed by atoms with van der Waals surface area (Å²) in [7, 11) is 3.87. The van der Waals surface area contributed by atoms with Crippen LogP contribution < -0.4 is 0 Å². The zero-order chi connectivity index (χ0) is 14.5. The van der Waals surface area contributed by atoms with Crippen LogP contribution in [0.15, 0.2) is 40.8 Å². The first kappa shape index (κ1) is 14.5. The van der Waals surface area contributed by atoms with E-state index in [1.807, 2.05) is 55.4 Å². The van der Waals surface area contributed by atoms with Gasteiger partial charge in [0.05, 0.1) is 0 Å². The van der Waals surface area contributed by atoms with E-state index in [2.05, 4.69) is 0 Å². The van der Waals surface area contributed by atoms with E-state index in [0.717, 1.165) is 33.9 Å². The minimum atomic E-state index is 0.489. The Labute approximate surface area is 124 Å². The number of carbonyl (C=O) groups excluding carboxylic acids is 1. The van der Waals surface area contributed by atoms with E-state index in [1.165, 1.54) is 0 Å². The van der Waals surface area contributed by atoms with E-state index in [1.54, 1.807) is 0 Å². The number of furan rings is 1. The maximum absolute atomic E-state index is 10.4. The van der Waals surface area contributed by atoms with Gasteiger partial charge >= 0.3 is 0 Å². The van der Waals surface area contributed by atoms with Gasteiger partial charge in [-0.1, -0.05) is 36.5 Å². The summed E-state index contributed by atoms with van der Waals surface area (Å²) in [5, 5.41) is 0. The Kier molecular flexibility index (Phi) is 4.69. The van der Waals surface area contributed by atoms with E-state index in [4.69, 9.17) is 16.6 Å². The van der Waals surface area contributed by atoms with Gasteiger partial charge in [0.1, 0.15) is 22.8 Å². The quantitative estimate of drug-likeness (QED) is 0.624. The predicted molar refractivity (Wildman–Crippen MR) is 83.9 cm³/mol. The molecule has 0 aliphatic rings. The minimum Gasteiger partial charge on any atom is -0.461 e. The second kappa shape index (κ2) is 6.48. The summed E-state index contributed by atoms with van der Waals surface area (Å²) in [5.41, 5.74) is 2.02. The molecule has 4 heteroatoms. The number of hydrogen-bond acceptors (Lipinski definition) is 3. The van der Waals surface area contributed by atoms with E-state index in [0.29, 0.717) is 12.8 Å². The Morgan fingerprint density at radius 1 is 1.20 bits per heavy atom. The Balaban J connectivity index is 2.15. The average molecular weight is 287 g/mol. The molecule has 1 aromatic heterocycles. The normalized spacial score (nSPS) is 10.3. The molecule has 0 N–H and O–H groups in total. The van der Waals surface area contributed by atoms with Crippen LogP contribution in [0.2, 0.25) is 0 Å². The smallest absolute Gasteiger partial charge is 0.134 e. The molecule has 0 amide bonds. The molecule has 0 radical (unpaired) electrons. The maximum Gasteiger partial charge on any atom is 0.134 e. The molecule has 0 unspecified atom stereocenters. The van der Waals surface area contributed by atoms with Gasteiger partial charge in [-0.3, -0.25) is 0 Å². The number of benzene rings is 1. The Morgan fingerprint density at radius 2 is 1.90 bits per heavy atom. The summed E-state index contributed by atoms with van der Waals surface area (Å²) >= 11 is 5.33. The second-order valence-electron chi connectivity index (χ2n) is 4.75. The highest BCUT2D eigenvalue weighted by Gasteiger charge is 2.07. The number of thiocarbonyl (C=S) groups is 1. The van der Waals surface area contributed by atoms with Gasteiger partial charge in [0, 0.05) is 38.1 Å². The summed E-state index contributed by atoms with van der Waals surface area (Å²) in [5.74, 6) is 1.65. The third kappa shape index (κ3) is 3.33. The number of aryl methyl sites for hydroxylation is 1. The van der Waals surface area contributed by atoms with Crippen molar-refractivity contribution in [3.8, 4) is 11.3 Å². The molecule has 2 rings (SSSR count). The number of carbonyl (C=O) groups is 1. The Morgan fingerprint density at radius 3 is 2.50 bits per heavy atom. The van der Waals surface area contributed by atoms with Crippen LogP contribution >= 0.6 is 12.2 Å². The standard InChI is InChI=1S/C16H17NO2S/c1-17(2)16(20)13-7-5-12(6-8-13)15-10-9-14(19-15)4-3-11-18/h5-11H,3-4H2,1-2H3. The van der Waals surface area contributed by atoms with Crippen LogP contribution in [0.1, 0.15) is 17.7 Å². The van der Waals surface area contributed by atoms with Crippen LogP contribution in [0, 0.1) is 0 Å². The predicted octanol–water partition coefficient (Wildman–Crippen LogP) is 3.32. The minimum absolute atomic E-state index is 0.489. The van der Waals surface area contributed by atoms with Crippen molar-refractivity contribution < 1.29 is 9.21 Å². The summed E-state index contributed by atoms with van der Waals surface area (Å²) in [6.45, 7) is 0. The molecule has 1 aromatic carbocycles. The van der Waals surface area contributed by atoms with Crippen molar-refractivity contribution >= 4 is 23.5 Å². The van der Waals surface area contributed by atoms with Gasteiger partial charge in [-0.2, -0.15) is 0 Å². The molecule has 0 aliphatic heterocycles. The summed E-state index contributed by atoms with van der Waals surface area (Å²) < 4.78 is 5.72. The van der Waals surface area contributed by atoms with Gasteiger partial charge in [0.25, 0.3) is 0 Å². The topological polar surface area (TPSA) is 33.5 Å². The fourth-order valence-corrected chi connectivity index (χ4v) is 2.04. The van der Waals surface area contributed by atoms with Crippen LogP contribution in [0.4, 0.5) is 0 Å². The van der Waals surface area contributed by atoms with Gasteiger partial charge in [0.15, 0.2) is 0 Å². The lowest BCUT2D eigenvalue weighted by Gasteiger charge is -2.13. The van der Waals surface area contributed by atoms with E-state index < -0.39 is 0 Å². The highest BCUT2D eigenvalue weighted by atomic mass is 32.1. The fraction of sp³-hybridized carbons (Fsp3) is 0.250. The lowest BCUT2D eigenvalue weighted by Crippen LogP contribution is -2.20. The molecule has 0 spiro atoms. The van der Waals surface area contributed by atoms with E-state index in [-0.39, 0.29) is 0 Å². The summed E-state index contributed by atoms with van der Waals surface area (Å²) in [6.07, 6.45) is 2.04. The maximum atomic E-state index is 10.4. The number of nitrogens with zero attached hydrogens (tertiary/aromatic N) is 1. The van der Waals surface area contributed by atoms with Crippen molar-refractivity contribution in [2.75, 3.05) is 14.1 Å². The first-order chi connectivity index (χ1) is 9.61. The van der Waals surface area contributed by atoms with Crippen molar-refractivity contribution in [3.05, 3.63) is 47.7 Å². The van der Waals surface area contributed by atoms with Crippen molar-refractivity contribution in [2.24, 2.45) is 0 Å². The third-order valence-corrected chi connectivity index (χ3v) is 3.59. The second-order valence-corrected chi connectivity index (χ2v) is 5.13. The molecular weight excluding hydrogens is 270 g/mol. The molecule has 104 valence electrons. The largest absolute Gasteiger partial charge is 0.461 e. The Bertz CT molecular complexity index is 599. The molecule has 0 saturated carbocycles. The van der Waals surface area contributed by atoms with E-state index in [9.17, 15) is 4.79 Å². The van der Waals surface area contributed by atoms with Crippen LogP contribution in [-0.4, -0.2) is 30.3 Å². The van der Waals surface area contributed by atoms with Crippen molar-refractivity contribution in [3.63, 3.8) is 0 Å². The monoisotopic (exact) mass is 287 g/mol. The zero-order valence-corrected chi connectivity index (χ0v) is 12.4. The number of hydrogen-bond donors (Lipinski definition) is 0. The first-order valence-corrected chi connectivity index (χ1v) is 6.87. The molecule has 0 bridgehead atoms. The average Bonchev–Trinajstić information content (AvgIpc) is 2.93. The van der Waals surface area contributed by atoms with Gasteiger partial charge in [-0.15, -0.1) is 0 Å². The SMILES string of the molecule is CN(C)C(=S)c1ccc(-c2ccc(CCC=O)o2)cc1. The molecule has 1 heterocycles. The van der Waals surface area contributed by atoms with Crippen molar-refractivity contribution in [1.82, 2.24) is 4.90 Å². The van der Waals surface area contributed by atoms with Gasteiger partial charge in [0.2, 0.25) is 0 Å². The first-order valence-electron chi connectivity index (χ1n) is 6.46. The van der Waals surface area contributed by atoms with E-state index >= 15 is 0 Å². The van der Waals surface area contributed by atoms with Crippen LogP contribution in [0.5, 0.6) is 0 Å². The molecule has 0 fully saturated rings. The molecule has 0 aliphatic carbocycles. The molecule has 2 aromatic rings. The fourth-order valence-electron chi connectivity index (χ4n) is 1.90. The number of rotatable bonds is 5. The van der Waals surface area contributed by atoms with Crippen molar-refractivity contribution in [1.29, 1.82) is 0 Å². The third-order valence-electron chi connectivity index (χ3n) is 2.99. The van der Waals surface area contributed by atoms with Gasteiger partial charge < -0.3 is 14.1 Å². The lowest BCUT2D eigenvalue weighted by atomic mass is 10.1. The number of aldehydes is 1. The summed E-state index contributed by atoms with van der Waals surface area (Å²) in [4.78, 5) is 13.1. The van der Waals surface area contributed by atoms with Gasteiger partial charge in [-0.25, -0.2) is 0 Å². The highest BCUT2D eigenvalue weighted by Crippen LogP contribution is 2.23. The summed E-state index contributed by atoms with van der Waals surface area (Å²) in [6, 6.07) is 11.8. The molecule has 20 heavy (non-hydrogen) atoms. The van der Waals surface area contributed by atoms with Crippen molar-refractivity contribution in [2.45, 2.75) is 12.8 Å². The van der Waals surface area contributed by atoms with Crippen LogP contribution in [-0.2, 0) is 11.2 Å². The zero-order valence-electron chi connectivity index (χ0n) is 11.6. The van der Waals surface area contributed by atoms with Gasteiger partial charge in [-0.05, 0) is 12.1 Å². The molecular formula is C16H17NO2S.